The third-order valence-electron chi connectivity index (χ3n) is 7.23. The largest absolute Gasteiger partial charge is 0.317 e. The molecule has 6 atom stereocenters. The summed E-state index contributed by atoms with van der Waals surface area (Å²) in [6.45, 7) is 15.1. The van der Waals surface area contributed by atoms with Gasteiger partial charge in [0.15, 0.2) is 0 Å². The van der Waals surface area contributed by atoms with Crippen LogP contribution in [-0.2, 0) is 0 Å². The zero-order valence-electron chi connectivity index (χ0n) is 15.6. The predicted molar refractivity (Wildman–Crippen MR) is 93.3 cm³/mol. The van der Waals surface area contributed by atoms with Crippen LogP contribution in [0.4, 0.5) is 0 Å². The van der Waals surface area contributed by atoms with Gasteiger partial charge in [-0.2, -0.15) is 0 Å². The maximum atomic E-state index is 3.65. The fraction of sp³-hybridized carbons (Fsp3) is 1.00. The minimum absolute atomic E-state index is 0.552. The minimum atomic E-state index is 0.552. The molecule has 2 fully saturated rings. The van der Waals surface area contributed by atoms with E-state index in [2.05, 4.69) is 53.9 Å². The molecule has 2 aliphatic rings. The molecule has 0 aromatic carbocycles. The summed E-state index contributed by atoms with van der Waals surface area (Å²) in [5, 5.41) is 3.65. The topological polar surface area (TPSA) is 12.0 Å². The zero-order chi connectivity index (χ0) is 15.8. The van der Waals surface area contributed by atoms with E-state index in [4.69, 9.17) is 0 Å². The Labute approximate surface area is 133 Å². The van der Waals surface area contributed by atoms with Crippen LogP contribution in [0.2, 0.25) is 0 Å². The van der Waals surface area contributed by atoms with E-state index in [9.17, 15) is 0 Å². The Bertz CT molecular complexity index is 333. The molecule has 3 unspecified atom stereocenters. The maximum Gasteiger partial charge on any atom is 0.00925 e. The van der Waals surface area contributed by atoms with Crippen LogP contribution in [0.15, 0.2) is 0 Å². The first-order valence-electron chi connectivity index (χ1n) is 9.47. The lowest BCUT2D eigenvalue weighted by Gasteiger charge is -2.40. The number of fused-ring (bicyclic) bond motifs is 2. The molecule has 1 N–H and O–H groups in total. The van der Waals surface area contributed by atoms with Crippen molar-refractivity contribution in [3.8, 4) is 0 Å². The first-order chi connectivity index (χ1) is 9.79. The molecule has 2 rings (SSSR count). The van der Waals surface area contributed by atoms with Crippen molar-refractivity contribution in [3.05, 3.63) is 0 Å². The molecule has 0 amide bonds. The second-order valence-electron chi connectivity index (χ2n) is 9.18. The highest BCUT2D eigenvalue weighted by Crippen LogP contribution is 2.57. The zero-order valence-corrected chi connectivity index (χ0v) is 15.6. The van der Waals surface area contributed by atoms with Crippen molar-refractivity contribution < 1.29 is 0 Å². The molecule has 2 aliphatic carbocycles. The molecule has 0 aromatic heterocycles. The van der Waals surface area contributed by atoms with Gasteiger partial charge in [0.05, 0.1) is 0 Å². The van der Waals surface area contributed by atoms with E-state index in [1.54, 1.807) is 0 Å². The molecule has 0 aliphatic heterocycles. The van der Waals surface area contributed by atoms with Crippen molar-refractivity contribution >= 4 is 0 Å². The molecule has 2 bridgehead atoms. The van der Waals surface area contributed by atoms with Gasteiger partial charge in [-0.3, -0.25) is 0 Å². The summed E-state index contributed by atoms with van der Waals surface area (Å²) in [7, 11) is 2.18. The van der Waals surface area contributed by atoms with Crippen LogP contribution < -0.4 is 5.32 Å². The van der Waals surface area contributed by atoms with Crippen LogP contribution in [0.25, 0.3) is 0 Å². The predicted octanol–water partition coefficient (Wildman–Crippen LogP) is 5.36. The normalized spacial score (nSPS) is 44.0. The molecule has 0 heterocycles. The van der Waals surface area contributed by atoms with Crippen LogP contribution in [0.3, 0.4) is 0 Å². The Morgan fingerprint density at radius 1 is 1.00 bits per heavy atom. The molecule has 0 radical (unpaired) electrons. The van der Waals surface area contributed by atoms with Crippen LogP contribution in [0.5, 0.6) is 0 Å². The number of hydrogen-bond donors (Lipinski definition) is 1. The van der Waals surface area contributed by atoms with Gasteiger partial charge >= 0.3 is 0 Å². The molecule has 0 saturated heterocycles. The van der Waals surface area contributed by atoms with E-state index in [1.807, 2.05) is 0 Å². The Morgan fingerprint density at radius 3 is 2.19 bits per heavy atom. The molecular weight excluding hydrogens is 254 g/mol. The SMILES string of the molecule is CNC1CCCCC2[C@H](C)[C@@H](CC2(C)C)C(C(C)C)[C@@H]1C. The highest BCUT2D eigenvalue weighted by atomic mass is 14.9. The van der Waals surface area contributed by atoms with Crippen molar-refractivity contribution in [3.63, 3.8) is 0 Å². The van der Waals surface area contributed by atoms with Gasteiger partial charge in [-0.15, -0.1) is 0 Å². The average molecular weight is 294 g/mol. The van der Waals surface area contributed by atoms with Crippen molar-refractivity contribution in [2.75, 3.05) is 7.05 Å². The van der Waals surface area contributed by atoms with Crippen molar-refractivity contribution in [2.24, 2.45) is 40.9 Å². The van der Waals surface area contributed by atoms with Crippen molar-refractivity contribution in [1.82, 2.24) is 5.32 Å². The lowest BCUT2D eigenvalue weighted by atomic mass is 9.67. The maximum absolute atomic E-state index is 3.65. The summed E-state index contributed by atoms with van der Waals surface area (Å²) in [6, 6.07) is 0.713. The van der Waals surface area contributed by atoms with Gasteiger partial charge in [0, 0.05) is 6.04 Å². The van der Waals surface area contributed by atoms with Gasteiger partial charge in [0.1, 0.15) is 0 Å². The van der Waals surface area contributed by atoms with Gasteiger partial charge in [-0.05, 0) is 67.2 Å². The van der Waals surface area contributed by atoms with Crippen LogP contribution in [-0.4, -0.2) is 13.1 Å². The molecule has 124 valence electrons. The van der Waals surface area contributed by atoms with Gasteiger partial charge < -0.3 is 5.32 Å². The van der Waals surface area contributed by atoms with Gasteiger partial charge in [-0.25, -0.2) is 0 Å². The first kappa shape index (κ1) is 17.3. The minimum Gasteiger partial charge on any atom is -0.317 e. The standard InChI is InChI=1S/C20H39N/c1-13(2)19-15(4)18(21-7)11-9-8-10-17-14(3)16(19)12-20(17,5)6/h13-19,21H,8-12H2,1-7H3/t14-,15-,16-,17?,18?,19?/m1/s1. The van der Waals surface area contributed by atoms with E-state index in [1.165, 1.54) is 32.1 Å². The van der Waals surface area contributed by atoms with Crippen LogP contribution in [0, 0.1) is 40.9 Å². The smallest absolute Gasteiger partial charge is 0.00925 e. The summed E-state index contributed by atoms with van der Waals surface area (Å²) < 4.78 is 0. The summed E-state index contributed by atoms with van der Waals surface area (Å²) in [5.41, 5.74) is 0.552. The van der Waals surface area contributed by atoms with E-state index in [0.29, 0.717) is 11.5 Å². The summed E-state index contributed by atoms with van der Waals surface area (Å²) in [6.07, 6.45) is 7.12. The molecule has 21 heavy (non-hydrogen) atoms. The highest BCUT2D eigenvalue weighted by Gasteiger charge is 2.50. The van der Waals surface area contributed by atoms with Crippen LogP contribution in [0.1, 0.15) is 73.6 Å². The first-order valence-corrected chi connectivity index (χ1v) is 9.47. The number of rotatable bonds is 2. The molecular formula is C20H39N. The third kappa shape index (κ3) is 3.33. The van der Waals surface area contributed by atoms with E-state index in [0.717, 1.165) is 35.5 Å². The van der Waals surface area contributed by atoms with Crippen LogP contribution >= 0.6 is 0 Å². The number of hydrogen-bond acceptors (Lipinski definition) is 1. The Hall–Kier alpha value is -0.0400. The molecule has 1 nitrogen and oxygen atoms in total. The second-order valence-corrected chi connectivity index (χ2v) is 9.18. The average Bonchev–Trinajstić information content (AvgIpc) is 2.60. The Kier molecular flexibility index (Phi) is 5.45. The summed E-state index contributed by atoms with van der Waals surface area (Å²) >= 11 is 0. The third-order valence-corrected chi connectivity index (χ3v) is 7.23. The Morgan fingerprint density at radius 2 is 1.62 bits per heavy atom. The number of nitrogens with one attached hydrogen (secondary N) is 1. The fourth-order valence-electron chi connectivity index (χ4n) is 6.25. The summed E-state index contributed by atoms with van der Waals surface area (Å²) in [5.74, 6) is 5.26. The quantitative estimate of drug-likeness (QED) is 0.723. The van der Waals surface area contributed by atoms with E-state index in [-0.39, 0.29) is 0 Å². The molecule has 0 spiro atoms. The van der Waals surface area contributed by atoms with Gasteiger partial charge in [0.2, 0.25) is 0 Å². The van der Waals surface area contributed by atoms with E-state index >= 15 is 0 Å². The molecule has 2 saturated carbocycles. The fourth-order valence-corrected chi connectivity index (χ4v) is 6.25. The molecule has 1 heteroatoms. The highest BCUT2D eigenvalue weighted by molar-refractivity contribution is 4.99. The lowest BCUT2D eigenvalue weighted by molar-refractivity contribution is 0.101. The Balaban J connectivity index is 2.33. The van der Waals surface area contributed by atoms with E-state index < -0.39 is 0 Å². The molecule has 0 aromatic rings. The summed E-state index contributed by atoms with van der Waals surface area (Å²) in [4.78, 5) is 0. The second kappa shape index (κ2) is 6.60. The van der Waals surface area contributed by atoms with Crippen molar-refractivity contribution in [1.29, 1.82) is 0 Å². The van der Waals surface area contributed by atoms with Crippen molar-refractivity contribution in [2.45, 2.75) is 79.7 Å². The van der Waals surface area contributed by atoms with Gasteiger partial charge in [-0.1, -0.05) is 54.4 Å². The van der Waals surface area contributed by atoms with Gasteiger partial charge in [0.25, 0.3) is 0 Å². The monoisotopic (exact) mass is 293 g/mol. The lowest BCUT2D eigenvalue weighted by Crippen LogP contribution is -2.42.